The highest BCUT2D eigenvalue weighted by molar-refractivity contribution is 7.98. The predicted molar refractivity (Wildman–Crippen MR) is 142 cm³/mol. The first-order valence-corrected chi connectivity index (χ1v) is 13.4. The lowest BCUT2D eigenvalue weighted by atomic mass is 10.1. The Bertz CT molecular complexity index is 1010. The van der Waals surface area contributed by atoms with Crippen molar-refractivity contribution in [3.05, 3.63) is 71.8 Å². The molecule has 200 valence electrons. The molecular formula is C27H35N3O6S. The van der Waals surface area contributed by atoms with E-state index in [1.54, 1.807) is 44.2 Å². The zero-order chi connectivity index (χ0) is 27.0. The van der Waals surface area contributed by atoms with Crippen molar-refractivity contribution in [3.8, 4) is 0 Å². The van der Waals surface area contributed by atoms with Gasteiger partial charge in [-0.3, -0.25) is 14.4 Å². The van der Waals surface area contributed by atoms with E-state index < -0.39 is 41.9 Å². The van der Waals surface area contributed by atoms with Crippen molar-refractivity contribution in [1.29, 1.82) is 0 Å². The number of carbonyl (C=O) groups excluding carboxylic acids is 4. The number of nitrogens with two attached hydrogens (primary N) is 1. The van der Waals surface area contributed by atoms with Crippen LogP contribution in [0.3, 0.4) is 0 Å². The Morgan fingerprint density at radius 3 is 2.08 bits per heavy atom. The molecule has 2 rings (SSSR count). The number of thioether (sulfide) groups is 1. The molecule has 0 aliphatic heterocycles. The molecule has 3 atom stereocenters. The zero-order valence-corrected chi connectivity index (χ0v) is 22.0. The van der Waals surface area contributed by atoms with E-state index in [-0.39, 0.29) is 31.8 Å². The van der Waals surface area contributed by atoms with Crippen molar-refractivity contribution in [2.24, 2.45) is 5.73 Å². The fourth-order valence-corrected chi connectivity index (χ4v) is 4.38. The van der Waals surface area contributed by atoms with Crippen LogP contribution in [0.2, 0.25) is 0 Å². The van der Waals surface area contributed by atoms with E-state index in [1.165, 1.54) is 11.8 Å². The van der Waals surface area contributed by atoms with Crippen LogP contribution in [0.4, 0.5) is 0 Å². The second-order valence-corrected chi connectivity index (χ2v) is 9.15. The molecule has 4 N–H and O–H groups in total. The van der Waals surface area contributed by atoms with Crippen LogP contribution >= 0.6 is 11.8 Å². The minimum atomic E-state index is -1.02. The van der Waals surface area contributed by atoms with Crippen LogP contribution < -0.4 is 16.4 Å². The van der Waals surface area contributed by atoms with Gasteiger partial charge in [0.15, 0.2) is 6.04 Å². The monoisotopic (exact) mass is 529 g/mol. The van der Waals surface area contributed by atoms with Crippen LogP contribution in [-0.4, -0.2) is 54.8 Å². The molecule has 0 spiro atoms. The molecule has 2 amide bonds. The van der Waals surface area contributed by atoms with Gasteiger partial charge in [-0.15, -0.1) is 0 Å². The number of benzene rings is 2. The van der Waals surface area contributed by atoms with E-state index in [4.69, 9.17) is 15.2 Å². The molecule has 2 aromatic rings. The highest BCUT2D eigenvalue weighted by atomic mass is 32.2. The average Bonchev–Trinajstić information content (AvgIpc) is 2.91. The third-order valence-corrected chi connectivity index (χ3v) is 6.37. The molecule has 0 fully saturated rings. The molecule has 0 unspecified atom stereocenters. The van der Waals surface area contributed by atoms with E-state index in [9.17, 15) is 19.2 Å². The molecule has 0 heterocycles. The fraction of sp³-hybridized carbons (Fsp3) is 0.407. The molecule has 0 saturated heterocycles. The molecule has 0 radical (unpaired) electrons. The van der Waals surface area contributed by atoms with Crippen molar-refractivity contribution in [2.45, 2.75) is 50.6 Å². The molecule has 9 nitrogen and oxygen atoms in total. The van der Waals surface area contributed by atoms with Crippen LogP contribution in [0.25, 0.3) is 0 Å². The van der Waals surface area contributed by atoms with Crippen LogP contribution in [0, 0.1) is 0 Å². The molecule has 0 saturated carbocycles. The van der Waals surface area contributed by atoms with Crippen LogP contribution in [0.1, 0.15) is 43.9 Å². The van der Waals surface area contributed by atoms with Gasteiger partial charge in [-0.1, -0.05) is 60.7 Å². The summed E-state index contributed by atoms with van der Waals surface area (Å²) in [7, 11) is 0. The number of carbonyl (C=O) groups is 4. The normalized spacial score (nSPS) is 13.1. The number of nitrogens with one attached hydrogen (secondary N) is 2. The van der Waals surface area contributed by atoms with E-state index in [1.807, 2.05) is 30.3 Å². The fourth-order valence-electron chi connectivity index (χ4n) is 3.36. The van der Waals surface area contributed by atoms with Gasteiger partial charge in [0, 0.05) is 17.9 Å². The maximum Gasteiger partial charge on any atom is 0.333 e. The number of esters is 2. The highest BCUT2D eigenvalue weighted by Gasteiger charge is 2.29. The molecule has 0 aliphatic rings. The first kappa shape index (κ1) is 29.9. The Labute approximate surface area is 221 Å². The maximum absolute atomic E-state index is 13.3. The van der Waals surface area contributed by atoms with Gasteiger partial charge >= 0.3 is 11.9 Å². The quantitative estimate of drug-likeness (QED) is 0.299. The van der Waals surface area contributed by atoms with Crippen molar-refractivity contribution in [2.75, 3.05) is 19.0 Å². The second kappa shape index (κ2) is 16.4. The first-order valence-electron chi connectivity index (χ1n) is 12.2. The van der Waals surface area contributed by atoms with Gasteiger partial charge in [0.2, 0.25) is 11.8 Å². The summed E-state index contributed by atoms with van der Waals surface area (Å²) in [5.74, 6) is -1.24. The summed E-state index contributed by atoms with van der Waals surface area (Å²) in [6, 6.07) is 15.6. The van der Waals surface area contributed by atoms with E-state index >= 15 is 0 Å². The molecule has 0 bridgehead atoms. The third-order valence-electron chi connectivity index (χ3n) is 5.26. The summed E-state index contributed by atoms with van der Waals surface area (Å²) in [6.45, 7) is 3.72. The van der Waals surface area contributed by atoms with Crippen molar-refractivity contribution in [3.63, 3.8) is 0 Å². The Morgan fingerprint density at radius 2 is 1.46 bits per heavy atom. The van der Waals surface area contributed by atoms with Crippen LogP contribution in [-0.2, 0) is 34.4 Å². The minimum absolute atomic E-state index is 0.0624. The van der Waals surface area contributed by atoms with Crippen LogP contribution in [0.15, 0.2) is 60.7 Å². The van der Waals surface area contributed by atoms with E-state index in [2.05, 4.69) is 10.6 Å². The van der Waals surface area contributed by atoms with Gasteiger partial charge in [0.1, 0.15) is 12.1 Å². The van der Waals surface area contributed by atoms with Crippen molar-refractivity contribution in [1.82, 2.24) is 10.6 Å². The average molecular weight is 530 g/mol. The molecule has 0 aromatic heterocycles. The summed E-state index contributed by atoms with van der Waals surface area (Å²) in [4.78, 5) is 50.3. The smallest absolute Gasteiger partial charge is 0.333 e. The summed E-state index contributed by atoms with van der Waals surface area (Å²) in [5.41, 5.74) is 7.43. The summed E-state index contributed by atoms with van der Waals surface area (Å²) in [6.07, 6.45) is 0.0126. The Balaban J connectivity index is 2.10. The van der Waals surface area contributed by atoms with Gasteiger partial charge in [-0.05, 0) is 31.4 Å². The van der Waals surface area contributed by atoms with Crippen LogP contribution in [0.5, 0.6) is 0 Å². The predicted octanol–water partition coefficient (Wildman–Crippen LogP) is 2.50. The largest absolute Gasteiger partial charge is 0.465 e. The zero-order valence-electron chi connectivity index (χ0n) is 21.2. The molecule has 10 heteroatoms. The SMILES string of the molecule is CCOC(=O)[C@H](N)CCC(=O)N[C@@H](CSCc1ccccc1)C(=O)N[C@H](C(=O)OCC)c1ccccc1. The highest BCUT2D eigenvalue weighted by Crippen LogP contribution is 2.17. The van der Waals surface area contributed by atoms with E-state index in [0.29, 0.717) is 11.3 Å². The Hall–Kier alpha value is -3.37. The van der Waals surface area contributed by atoms with Gasteiger partial charge in [0.05, 0.1) is 13.2 Å². The summed E-state index contributed by atoms with van der Waals surface area (Å²) < 4.78 is 10.0. The Kier molecular flexibility index (Phi) is 13.2. The lowest BCUT2D eigenvalue weighted by molar-refractivity contribution is -0.147. The van der Waals surface area contributed by atoms with Gasteiger partial charge in [-0.2, -0.15) is 11.8 Å². The number of hydrogen-bond acceptors (Lipinski definition) is 8. The van der Waals surface area contributed by atoms with Gasteiger partial charge in [-0.25, -0.2) is 4.79 Å². The van der Waals surface area contributed by atoms with Crippen molar-refractivity contribution < 1.29 is 28.7 Å². The summed E-state index contributed by atoms with van der Waals surface area (Å²) in [5, 5.41) is 5.46. The van der Waals surface area contributed by atoms with Gasteiger partial charge in [0.25, 0.3) is 0 Å². The standard InChI is InChI=1S/C27H35N3O6S/c1-3-35-26(33)21(28)15-16-23(31)29-22(18-37-17-19-11-7-5-8-12-19)25(32)30-24(27(34)36-4-2)20-13-9-6-10-14-20/h5-14,21-22,24H,3-4,15-18,28H2,1-2H3,(H,29,31)(H,30,32)/t21-,22+,24+/m1/s1. The topological polar surface area (TPSA) is 137 Å². The lowest BCUT2D eigenvalue weighted by Crippen LogP contribution is -2.50. The molecular weight excluding hydrogens is 494 g/mol. The molecule has 37 heavy (non-hydrogen) atoms. The van der Waals surface area contributed by atoms with Gasteiger partial charge < -0.3 is 25.8 Å². The molecule has 2 aromatic carbocycles. The number of hydrogen-bond donors (Lipinski definition) is 3. The van der Waals surface area contributed by atoms with Crippen molar-refractivity contribution >= 4 is 35.5 Å². The summed E-state index contributed by atoms with van der Waals surface area (Å²) >= 11 is 1.47. The first-order chi connectivity index (χ1) is 17.8. The number of ether oxygens (including phenoxy) is 2. The third kappa shape index (κ3) is 10.6. The Morgan fingerprint density at radius 1 is 0.865 bits per heavy atom. The number of rotatable bonds is 15. The van der Waals surface area contributed by atoms with E-state index in [0.717, 1.165) is 5.56 Å². The number of amides is 2. The molecule has 0 aliphatic carbocycles. The minimum Gasteiger partial charge on any atom is -0.465 e. The maximum atomic E-state index is 13.3. The lowest BCUT2D eigenvalue weighted by Gasteiger charge is -2.23. The second-order valence-electron chi connectivity index (χ2n) is 8.12.